The molecule has 2 unspecified atom stereocenters. The average Bonchev–Trinajstić information content (AvgIpc) is 2.53. The van der Waals surface area contributed by atoms with Crippen molar-refractivity contribution in [2.75, 3.05) is 14.1 Å². The second-order valence-corrected chi connectivity index (χ2v) is 5.79. The first-order valence-electron chi connectivity index (χ1n) is 7.64. The van der Waals surface area contributed by atoms with Gasteiger partial charge in [-0.05, 0) is 39.1 Å². The second-order valence-electron chi connectivity index (χ2n) is 5.79. The average molecular weight is 282 g/mol. The predicted molar refractivity (Wildman–Crippen MR) is 90.3 cm³/mol. The molecule has 1 N–H and O–H groups in total. The van der Waals surface area contributed by atoms with Crippen molar-refractivity contribution in [3.63, 3.8) is 0 Å². The molecule has 2 heteroatoms. The fourth-order valence-electron chi connectivity index (χ4n) is 2.80. The van der Waals surface area contributed by atoms with Crippen molar-refractivity contribution in [3.05, 3.63) is 71.8 Å². The molecule has 0 aromatic heterocycles. The van der Waals surface area contributed by atoms with Gasteiger partial charge in [-0.1, -0.05) is 60.7 Å². The first kappa shape index (κ1) is 15.7. The summed E-state index contributed by atoms with van der Waals surface area (Å²) in [5.41, 5.74) is 2.67. The third-order valence-electron chi connectivity index (χ3n) is 4.18. The summed E-state index contributed by atoms with van der Waals surface area (Å²) >= 11 is 0. The highest BCUT2D eigenvalue weighted by molar-refractivity contribution is 5.27. The molecule has 2 nitrogen and oxygen atoms in total. The Morgan fingerprint density at radius 3 is 1.71 bits per heavy atom. The molecule has 0 aliphatic carbocycles. The molecule has 0 radical (unpaired) electrons. The molecule has 0 fully saturated rings. The molecule has 0 spiro atoms. The molecule has 0 saturated carbocycles. The summed E-state index contributed by atoms with van der Waals surface area (Å²) in [5.74, 6) is 0. The third kappa shape index (κ3) is 3.72. The Morgan fingerprint density at radius 1 is 0.810 bits per heavy atom. The van der Waals surface area contributed by atoms with Crippen LogP contribution in [0.3, 0.4) is 0 Å². The summed E-state index contributed by atoms with van der Waals surface area (Å²) in [5, 5.41) is 3.51. The third-order valence-corrected chi connectivity index (χ3v) is 4.18. The molecule has 2 aromatic carbocycles. The van der Waals surface area contributed by atoms with Gasteiger partial charge >= 0.3 is 0 Å². The van der Waals surface area contributed by atoms with Crippen LogP contribution in [-0.4, -0.2) is 25.0 Å². The standard InChI is InChI=1S/C19H26N2/c1-15(2)21(4)19(17-13-9-6-10-14-17)18(20-3)16-11-7-5-8-12-16/h5-15,18-20H,1-4H3. The smallest absolute Gasteiger partial charge is 0.0542 e. The van der Waals surface area contributed by atoms with Crippen LogP contribution in [0.15, 0.2) is 60.7 Å². The van der Waals surface area contributed by atoms with E-state index >= 15 is 0 Å². The summed E-state index contributed by atoms with van der Waals surface area (Å²) in [6, 6.07) is 22.5. The highest BCUT2D eigenvalue weighted by Crippen LogP contribution is 2.34. The Balaban J connectivity index is 2.43. The minimum Gasteiger partial charge on any atom is -0.311 e. The van der Waals surface area contributed by atoms with Crippen LogP contribution in [0, 0.1) is 0 Å². The highest BCUT2D eigenvalue weighted by Gasteiger charge is 2.28. The van der Waals surface area contributed by atoms with E-state index in [1.54, 1.807) is 0 Å². The van der Waals surface area contributed by atoms with Crippen LogP contribution in [0.2, 0.25) is 0 Å². The van der Waals surface area contributed by atoms with E-state index in [4.69, 9.17) is 0 Å². The van der Waals surface area contributed by atoms with Gasteiger partial charge in [-0.3, -0.25) is 4.90 Å². The minimum absolute atomic E-state index is 0.265. The van der Waals surface area contributed by atoms with Crippen LogP contribution < -0.4 is 5.32 Å². The molecule has 2 rings (SSSR count). The molecule has 0 amide bonds. The SMILES string of the molecule is CNC(c1ccccc1)C(c1ccccc1)N(C)C(C)C. The number of rotatable bonds is 6. The van der Waals surface area contributed by atoms with Gasteiger partial charge in [0.1, 0.15) is 0 Å². The molecule has 0 aliphatic rings. The van der Waals surface area contributed by atoms with Gasteiger partial charge in [0.15, 0.2) is 0 Å². The van der Waals surface area contributed by atoms with Gasteiger partial charge < -0.3 is 5.32 Å². The Kier molecular flexibility index (Phi) is 5.54. The molecule has 2 atom stereocenters. The van der Waals surface area contributed by atoms with E-state index in [1.165, 1.54) is 11.1 Å². The lowest BCUT2D eigenvalue weighted by Crippen LogP contribution is -2.38. The van der Waals surface area contributed by atoms with Gasteiger partial charge in [0.2, 0.25) is 0 Å². The van der Waals surface area contributed by atoms with Crippen LogP contribution in [0.25, 0.3) is 0 Å². The van der Waals surface area contributed by atoms with Gasteiger partial charge in [0, 0.05) is 6.04 Å². The van der Waals surface area contributed by atoms with E-state index in [0.717, 1.165) is 0 Å². The van der Waals surface area contributed by atoms with E-state index in [-0.39, 0.29) is 6.04 Å². The zero-order valence-corrected chi connectivity index (χ0v) is 13.5. The molecule has 112 valence electrons. The lowest BCUT2D eigenvalue weighted by molar-refractivity contribution is 0.159. The maximum absolute atomic E-state index is 3.51. The van der Waals surface area contributed by atoms with Gasteiger partial charge in [0.25, 0.3) is 0 Å². The molecule has 21 heavy (non-hydrogen) atoms. The van der Waals surface area contributed by atoms with E-state index in [0.29, 0.717) is 12.1 Å². The van der Waals surface area contributed by atoms with Crippen molar-refractivity contribution in [2.45, 2.75) is 32.0 Å². The maximum Gasteiger partial charge on any atom is 0.0542 e. The predicted octanol–water partition coefficient (Wildman–Crippen LogP) is 4.03. The first-order valence-corrected chi connectivity index (χ1v) is 7.64. The molecular formula is C19H26N2. The highest BCUT2D eigenvalue weighted by atomic mass is 15.2. The summed E-state index contributed by atoms with van der Waals surface area (Å²) in [7, 11) is 4.25. The number of nitrogens with one attached hydrogen (secondary N) is 1. The molecule has 0 heterocycles. The quantitative estimate of drug-likeness (QED) is 0.860. The molecule has 0 aliphatic heterocycles. The molecule has 0 bridgehead atoms. The lowest BCUT2D eigenvalue weighted by atomic mass is 9.91. The Labute approximate surface area is 128 Å². The lowest BCUT2D eigenvalue weighted by Gasteiger charge is -2.37. The second kappa shape index (κ2) is 7.39. The first-order chi connectivity index (χ1) is 10.1. The Morgan fingerprint density at radius 2 is 1.29 bits per heavy atom. The maximum atomic E-state index is 3.51. The van der Waals surface area contributed by atoms with Gasteiger partial charge in [-0.2, -0.15) is 0 Å². The Hall–Kier alpha value is -1.64. The number of hydrogen-bond acceptors (Lipinski definition) is 2. The summed E-state index contributed by atoms with van der Waals surface area (Å²) < 4.78 is 0. The van der Waals surface area contributed by atoms with Crippen molar-refractivity contribution in [1.29, 1.82) is 0 Å². The van der Waals surface area contributed by atoms with Crippen molar-refractivity contribution in [1.82, 2.24) is 10.2 Å². The van der Waals surface area contributed by atoms with Crippen molar-refractivity contribution < 1.29 is 0 Å². The Bertz CT molecular complexity index is 522. The molecular weight excluding hydrogens is 256 g/mol. The largest absolute Gasteiger partial charge is 0.311 e. The van der Waals surface area contributed by atoms with Crippen LogP contribution >= 0.6 is 0 Å². The topological polar surface area (TPSA) is 15.3 Å². The monoisotopic (exact) mass is 282 g/mol. The van der Waals surface area contributed by atoms with Crippen LogP contribution in [0.4, 0.5) is 0 Å². The van der Waals surface area contributed by atoms with E-state index in [1.807, 2.05) is 7.05 Å². The summed E-state index contributed by atoms with van der Waals surface area (Å²) in [6.45, 7) is 4.49. The number of likely N-dealkylation sites (N-methyl/N-ethyl adjacent to an activating group) is 2. The van der Waals surface area contributed by atoms with E-state index in [2.05, 4.69) is 91.8 Å². The van der Waals surface area contributed by atoms with Gasteiger partial charge in [0.05, 0.1) is 12.1 Å². The zero-order chi connectivity index (χ0) is 15.2. The zero-order valence-electron chi connectivity index (χ0n) is 13.5. The van der Waals surface area contributed by atoms with Crippen LogP contribution in [-0.2, 0) is 0 Å². The number of benzene rings is 2. The normalized spacial score (nSPS) is 14.4. The van der Waals surface area contributed by atoms with Crippen molar-refractivity contribution >= 4 is 0 Å². The van der Waals surface area contributed by atoms with Gasteiger partial charge in [-0.25, -0.2) is 0 Å². The fraction of sp³-hybridized carbons (Fsp3) is 0.368. The number of nitrogens with zero attached hydrogens (tertiary/aromatic N) is 1. The fourth-order valence-corrected chi connectivity index (χ4v) is 2.80. The van der Waals surface area contributed by atoms with E-state index < -0.39 is 0 Å². The summed E-state index contributed by atoms with van der Waals surface area (Å²) in [4.78, 5) is 2.43. The van der Waals surface area contributed by atoms with Crippen molar-refractivity contribution in [2.24, 2.45) is 0 Å². The van der Waals surface area contributed by atoms with E-state index in [9.17, 15) is 0 Å². The molecule has 0 saturated heterocycles. The van der Waals surface area contributed by atoms with Crippen LogP contribution in [0.1, 0.15) is 37.1 Å². The molecule has 2 aromatic rings. The minimum atomic E-state index is 0.265. The van der Waals surface area contributed by atoms with Gasteiger partial charge in [-0.15, -0.1) is 0 Å². The van der Waals surface area contributed by atoms with Crippen molar-refractivity contribution in [3.8, 4) is 0 Å². The number of hydrogen-bond donors (Lipinski definition) is 1. The van der Waals surface area contributed by atoms with Crippen LogP contribution in [0.5, 0.6) is 0 Å². The summed E-state index contributed by atoms with van der Waals surface area (Å²) in [6.07, 6.45) is 0.